The van der Waals surface area contributed by atoms with E-state index in [1.54, 1.807) is 53.8 Å². The Hall–Kier alpha value is -3.46. The quantitative estimate of drug-likeness (QED) is 0.799. The number of carbonyl (C=O) groups excluding carboxylic acids is 1. The summed E-state index contributed by atoms with van der Waals surface area (Å²) in [5.41, 5.74) is 1.78. The van der Waals surface area contributed by atoms with E-state index < -0.39 is 0 Å². The summed E-state index contributed by atoms with van der Waals surface area (Å²) in [5, 5.41) is 11.7. The molecule has 0 bridgehead atoms. The van der Waals surface area contributed by atoms with E-state index in [0.717, 1.165) is 11.4 Å². The number of pyridine rings is 1. The van der Waals surface area contributed by atoms with Crippen molar-refractivity contribution in [2.45, 2.75) is 6.54 Å². The van der Waals surface area contributed by atoms with E-state index in [2.05, 4.69) is 15.3 Å². The van der Waals surface area contributed by atoms with E-state index in [0.29, 0.717) is 17.7 Å². The first-order valence-electron chi connectivity index (χ1n) is 6.98. The van der Waals surface area contributed by atoms with E-state index >= 15 is 0 Å². The Bertz CT molecular complexity index is 865. The van der Waals surface area contributed by atoms with Gasteiger partial charge in [0.2, 0.25) is 0 Å². The molecule has 3 aromatic rings. The normalized spacial score (nSPS) is 10.0. The molecule has 0 saturated heterocycles. The number of carbonyl (C=O) groups is 1. The SMILES string of the molecule is N#Cc1cccc(C(=O)NCc2cccnc2-n2ccnc2)c1. The summed E-state index contributed by atoms with van der Waals surface area (Å²) in [5.74, 6) is 0.485. The summed E-state index contributed by atoms with van der Waals surface area (Å²) in [6, 6.07) is 12.3. The number of hydrogen-bond donors (Lipinski definition) is 1. The summed E-state index contributed by atoms with van der Waals surface area (Å²) >= 11 is 0. The smallest absolute Gasteiger partial charge is 0.251 e. The zero-order valence-electron chi connectivity index (χ0n) is 12.2. The fourth-order valence-electron chi connectivity index (χ4n) is 2.19. The van der Waals surface area contributed by atoms with Crippen molar-refractivity contribution in [2.75, 3.05) is 0 Å². The zero-order chi connectivity index (χ0) is 16.1. The van der Waals surface area contributed by atoms with Crippen molar-refractivity contribution < 1.29 is 4.79 Å². The molecule has 6 nitrogen and oxygen atoms in total. The second-order valence-corrected chi connectivity index (χ2v) is 4.83. The molecule has 3 rings (SSSR count). The van der Waals surface area contributed by atoms with Gasteiger partial charge in [0, 0.05) is 36.3 Å². The van der Waals surface area contributed by atoms with Gasteiger partial charge in [-0.15, -0.1) is 0 Å². The van der Waals surface area contributed by atoms with Crippen LogP contribution in [0.25, 0.3) is 5.82 Å². The van der Waals surface area contributed by atoms with E-state index in [1.165, 1.54) is 0 Å². The highest BCUT2D eigenvalue weighted by Gasteiger charge is 2.09. The number of rotatable bonds is 4. The van der Waals surface area contributed by atoms with E-state index in [4.69, 9.17) is 5.26 Å². The Kier molecular flexibility index (Phi) is 4.11. The number of hydrogen-bond acceptors (Lipinski definition) is 4. The van der Waals surface area contributed by atoms with Crippen LogP contribution in [0.4, 0.5) is 0 Å². The highest BCUT2D eigenvalue weighted by molar-refractivity contribution is 5.94. The summed E-state index contributed by atoms with van der Waals surface area (Å²) < 4.78 is 1.79. The molecule has 0 fully saturated rings. The Morgan fingerprint density at radius 2 is 2.17 bits per heavy atom. The summed E-state index contributed by atoms with van der Waals surface area (Å²) in [6.45, 7) is 0.330. The van der Waals surface area contributed by atoms with Gasteiger partial charge in [-0.1, -0.05) is 12.1 Å². The minimum absolute atomic E-state index is 0.234. The Labute approximate surface area is 133 Å². The van der Waals surface area contributed by atoms with Crippen molar-refractivity contribution in [1.82, 2.24) is 19.9 Å². The van der Waals surface area contributed by atoms with Crippen LogP contribution in [0.2, 0.25) is 0 Å². The molecule has 2 heterocycles. The van der Waals surface area contributed by atoms with Crippen molar-refractivity contribution in [3.8, 4) is 11.9 Å². The largest absolute Gasteiger partial charge is 0.348 e. The highest BCUT2D eigenvalue weighted by Crippen LogP contribution is 2.11. The molecule has 1 N–H and O–H groups in total. The number of nitrogens with one attached hydrogen (secondary N) is 1. The van der Waals surface area contributed by atoms with Crippen molar-refractivity contribution in [3.05, 3.63) is 78.0 Å². The van der Waals surface area contributed by atoms with Gasteiger partial charge in [-0.2, -0.15) is 5.26 Å². The standard InChI is InChI=1S/C17H13N5O/c18-10-13-3-1-4-14(9-13)17(23)21-11-15-5-2-6-20-16(15)22-8-7-19-12-22/h1-9,12H,11H2,(H,21,23). The number of amides is 1. The average molecular weight is 303 g/mol. The van der Waals surface area contributed by atoms with Gasteiger partial charge in [0.1, 0.15) is 12.1 Å². The van der Waals surface area contributed by atoms with Crippen molar-refractivity contribution in [2.24, 2.45) is 0 Å². The maximum atomic E-state index is 12.2. The lowest BCUT2D eigenvalue weighted by atomic mass is 10.1. The highest BCUT2D eigenvalue weighted by atomic mass is 16.1. The average Bonchev–Trinajstić information content (AvgIpc) is 3.14. The fraction of sp³-hybridized carbons (Fsp3) is 0.0588. The first-order valence-corrected chi connectivity index (χ1v) is 6.98. The van der Waals surface area contributed by atoms with Crippen LogP contribution in [0, 0.1) is 11.3 Å². The maximum Gasteiger partial charge on any atom is 0.251 e. The molecule has 2 aromatic heterocycles. The molecule has 112 valence electrons. The van der Waals surface area contributed by atoms with Crippen LogP contribution >= 0.6 is 0 Å². The predicted molar refractivity (Wildman–Crippen MR) is 83.7 cm³/mol. The molecule has 6 heteroatoms. The third kappa shape index (κ3) is 3.24. The Balaban J connectivity index is 1.76. The molecular weight excluding hydrogens is 290 g/mol. The Morgan fingerprint density at radius 1 is 1.26 bits per heavy atom. The number of imidazole rings is 1. The van der Waals surface area contributed by atoms with Crippen LogP contribution in [0.15, 0.2) is 61.3 Å². The molecule has 0 aliphatic rings. The molecule has 1 aromatic carbocycles. The maximum absolute atomic E-state index is 12.2. The number of nitrogens with zero attached hydrogens (tertiary/aromatic N) is 4. The molecule has 0 aliphatic heterocycles. The molecule has 0 atom stereocenters. The molecular formula is C17H13N5O. The molecule has 0 unspecified atom stereocenters. The molecule has 0 radical (unpaired) electrons. The molecule has 1 amide bonds. The van der Waals surface area contributed by atoms with Crippen LogP contribution in [-0.2, 0) is 6.54 Å². The molecule has 0 aliphatic carbocycles. The van der Waals surface area contributed by atoms with Gasteiger partial charge in [-0.3, -0.25) is 9.36 Å². The Morgan fingerprint density at radius 3 is 2.96 bits per heavy atom. The third-order valence-corrected chi connectivity index (χ3v) is 3.31. The lowest BCUT2D eigenvalue weighted by Crippen LogP contribution is -2.23. The third-order valence-electron chi connectivity index (χ3n) is 3.31. The van der Waals surface area contributed by atoms with E-state index in [1.807, 2.05) is 18.2 Å². The van der Waals surface area contributed by atoms with Crippen LogP contribution in [0.3, 0.4) is 0 Å². The van der Waals surface area contributed by atoms with Crippen molar-refractivity contribution in [3.63, 3.8) is 0 Å². The fourth-order valence-corrected chi connectivity index (χ4v) is 2.19. The van der Waals surface area contributed by atoms with Crippen LogP contribution in [0.5, 0.6) is 0 Å². The zero-order valence-corrected chi connectivity index (χ0v) is 12.2. The molecule has 0 saturated carbocycles. The van der Waals surface area contributed by atoms with Crippen molar-refractivity contribution in [1.29, 1.82) is 5.26 Å². The second-order valence-electron chi connectivity index (χ2n) is 4.83. The van der Waals surface area contributed by atoms with E-state index in [9.17, 15) is 4.79 Å². The minimum atomic E-state index is -0.234. The van der Waals surface area contributed by atoms with Crippen LogP contribution in [-0.4, -0.2) is 20.4 Å². The number of benzene rings is 1. The summed E-state index contributed by atoms with van der Waals surface area (Å²) in [7, 11) is 0. The summed E-state index contributed by atoms with van der Waals surface area (Å²) in [4.78, 5) is 20.6. The second kappa shape index (κ2) is 6.54. The van der Waals surface area contributed by atoms with Gasteiger partial charge >= 0.3 is 0 Å². The van der Waals surface area contributed by atoms with Gasteiger partial charge < -0.3 is 5.32 Å². The van der Waals surface area contributed by atoms with E-state index in [-0.39, 0.29) is 5.91 Å². The lowest BCUT2D eigenvalue weighted by molar-refractivity contribution is 0.0951. The first-order chi connectivity index (χ1) is 11.3. The minimum Gasteiger partial charge on any atom is -0.348 e. The van der Waals surface area contributed by atoms with Gasteiger partial charge in [-0.05, 0) is 24.3 Å². The molecule has 23 heavy (non-hydrogen) atoms. The lowest BCUT2D eigenvalue weighted by Gasteiger charge is -2.10. The van der Waals surface area contributed by atoms with Gasteiger partial charge in [0.05, 0.1) is 11.6 Å². The van der Waals surface area contributed by atoms with Crippen LogP contribution in [0.1, 0.15) is 21.5 Å². The van der Waals surface area contributed by atoms with Crippen LogP contribution < -0.4 is 5.32 Å². The number of aromatic nitrogens is 3. The topological polar surface area (TPSA) is 83.6 Å². The number of nitriles is 1. The monoisotopic (exact) mass is 303 g/mol. The first kappa shape index (κ1) is 14.5. The van der Waals surface area contributed by atoms with Crippen molar-refractivity contribution >= 4 is 5.91 Å². The molecule has 0 spiro atoms. The predicted octanol–water partition coefficient (Wildman–Crippen LogP) is 2.07. The summed E-state index contributed by atoms with van der Waals surface area (Å²) in [6.07, 6.45) is 6.82. The van der Waals surface area contributed by atoms with Gasteiger partial charge in [0.15, 0.2) is 0 Å². The van der Waals surface area contributed by atoms with Gasteiger partial charge in [0.25, 0.3) is 5.91 Å². The van der Waals surface area contributed by atoms with Gasteiger partial charge in [-0.25, -0.2) is 9.97 Å².